The number of hydrogen-bond acceptors (Lipinski definition) is 4. The molecular formula is C18H17N3OS. The minimum atomic E-state index is -0.0946. The van der Waals surface area contributed by atoms with Crippen molar-refractivity contribution in [1.29, 1.82) is 0 Å². The van der Waals surface area contributed by atoms with E-state index in [0.717, 1.165) is 22.6 Å². The molecule has 0 aliphatic heterocycles. The topological polar surface area (TPSA) is 54.9 Å². The quantitative estimate of drug-likeness (QED) is 0.782. The number of pyridine rings is 2. The van der Waals surface area contributed by atoms with E-state index < -0.39 is 0 Å². The van der Waals surface area contributed by atoms with Crippen molar-refractivity contribution in [3.63, 3.8) is 0 Å². The number of aromatic nitrogens is 2. The van der Waals surface area contributed by atoms with Gasteiger partial charge in [0.1, 0.15) is 0 Å². The molecule has 0 unspecified atom stereocenters. The van der Waals surface area contributed by atoms with Crippen molar-refractivity contribution >= 4 is 17.2 Å². The van der Waals surface area contributed by atoms with Gasteiger partial charge in [-0.15, -0.1) is 0 Å². The van der Waals surface area contributed by atoms with Crippen LogP contribution >= 0.6 is 11.3 Å². The smallest absolute Gasteiger partial charge is 0.253 e. The zero-order valence-electron chi connectivity index (χ0n) is 12.8. The summed E-state index contributed by atoms with van der Waals surface area (Å²) in [6.07, 6.45) is 2.47. The van der Waals surface area contributed by atoms with Crippen molar-refractivity contribution in [3.05, 3.63) is 70.3 Å². The Morgan fingerprint density at radius 2 is 2.13 bits per heavy atom. The van der Waals surface area contributed by atoms with Gasteiger partial charge in [0, 0.05) is 35.8 Å². The van der Waals surface area contributed by atoms with E-state index >= 15 is 0 Å². The third-order valence-corrected chi connectivity index (χ3v) is 4.22. The molecule has 0 aliphatic rings. The van der Waals surface area contributed by atoms with Gasteiger partial charge in [-0.05, 0) is 42.6 Å². The molecule has 116 valence electrons. The number of nitrogens with zero attached hydrogens (tertiary/aromatic N) is 2. The Labute approximate surface area is 139 Å². The lowest BCUT2D eigenvalue weighted by molar-refractivity contribution is 0.0953. The van der Waals surface area contributed by atoms with Crippen molar-refractivity contribution in [3.8, 4) is 11.3 Å². The Bertz CT molecular complexity index is 785. The average molecular weight is 323 g/mol. The first-order valence-electron chi connectivity index (χ1n) is 7.42. The Kier molecular flexibility index (Phi) is 4.78. The lowest BCUT2D eigenvalue weighted by atomic mass is 10.1. The summed E-state index contributed by atoms with van der Waals surface area (Å²) in [5.74, 6) is -0.0946. The van der Waals surface area contributed by atoms with E-state index in [4.69, 9.17) is 0 Å². The molecule has 3 aromatic heterocycles. The predicted octanol–water partition coefficient (Wildman–Crippen LogP) is 3.49. The molecule has 0 spiro atoms. The summed E-state index contributed by atoms with van der Waals surface area (Å²) in [5.41, 5.74) is 4.30. The molecule has 0 saturated heterocycles. The third-order valence-electron chi connectivity index (χ3n) is 3.54. The van der Waals surface area contributed by atoms with Crippen LogP contribution in [0.2, 0.25) is 0 Å². The van der Waals surface area contributed by atoms with Gasteiger partial charge in [-0.1, -0.05) is 6.07 Å². The standard InChI is InChI=1S/C18H17N3OS/c1-13-16(5-6-17(21-13)14-8-11-23-12-14)18(22)20-10-7-15-4-2-3-9-19-15/h2-6,8-9,11-12H,7,10H2,1H3,(H,20,22). The monoisotopic (exact) mass is 323 g/mol. The molecule has 0 aliphatic carbocycles. The van der Waals surface area contributed by atoms with Crippen LogP contribution in [0.1, 0.15) is 21.7 Å². The van der Waals surface area contributed by atoms with E-state index in [1.54, 1.807) is 17.5 Å². The van der Waals surface area contributed by atoms with Crippen LogP contribution in [0.5, 0.6) is 0 Å². The van der Waals surface area contributed by atoms with Gasteiger partial charge in [0.05, 0.1) is 17.0 Å². The van der Waals surface area contributed by atoms with Crippen LogP contribution in [-0.4, -0.2) is 22.4 Å². The summed E-state index contributed by atoms with van der Waals surface area (Å²) in [6.45, 7) is 2.42. The van der Waals surface area contributed by atoms with E-state index in [1.807, 2.05) is 54.1 Å². The van der Waals surface area contributed by atoms with Gasteiger partial charge in [-0.3, -0.25) is 14.8 Å². The lowest BCUT2D eigenvalue weighted by Gasteiger charge is -2.08. The van der Waals surface area contributed by atoms with Gasteiger partial charge >= 0.3 is 0 Å². The average Bonchev–Trinajstić information content (AvgIpc) is 3.10. The third kappa shape index (κ3) is 3.81. The maximum Gasteiger partial charge on any atom is 0.253 e. The molecule has 4 nitrogen and oxygen atoms in total. The molecule has 1 N–H and O–H groups in total. The van der Waals surface area contributed by atoms with Crippen LogP contribution in [0.25, 0.3) is 11.3 Å². The Hall–Kier alpha value is -2.53. The van der Waals surface area contributed by atoms with Crippen LogP contribution in [0.3, 0.4) is 0 Å². The van der Waals surface area contributed by atoms with Crippen molar-refractivity contribution in [2.75, 3.05) is 6.54 Å². The zero-order chi connectivity index (χ0) is 16.1. The van der Waals surface area contributed by atoms with Crippen molar-refractivity contribution in [2.24, 2.45) is 0 Å². The number of nitrogens with one attached hydrogen (secondary N) is 1. The van der Waals surface area contributed by atoms with Gasteiger partial charge in [0.15, 0.2) is 0 Å². The van der Waals surface area contributed by atoms with Crippen molar-refractivity contribution in [1.82, 2.24) is 15.3 Å². The number of carbonyl (C=O) groups is 1. The number of carbonyl (C=O) groups excluding carboxylic acids is 1. The van der Waals surface area contributed by atoms with Gasteiger partial charge < -0.3 is 5.32 Å². The van der Waals surface area contributed by atoms with Gasteiger partial charge in [-0.2, -0.15) is 11.3 Å². The fourth-order valence-corrected chi connectivity index (χ4v) is 2.97. The van der Waals surface area contributed by atoms with E-state index in [9.17, 15) is 4.79 Å². The van der Waals surface area contributed by atoms with Crippen molar-refractivity contribution < 1.29 is 4.79 Å². The number of amides is 1. The molecule has 0 saturated carbocycles. The minimum absolute atomic E-state index is 0.0946. The minimum Gasteiger partial charge on any atom is -0.352 e. The Balaban J connectivity index is 1.63. The van der Waals surface area contributed by atoms with Gasteiger partial charge in [0.25, 0.3) is 5.91 Å². The summed E-state index contributed by atoms with van der Waals surface area (Å²) >= 11 is 1.63. The highest BCUT2D eigenvalue weighted by molar-refractivity contribution is 7.08. The lowest BCUT2D eigenvalue weighted by Crippen LogP contribution is -2.26. The summed E-state index contributed by atoms with van der Waals surface area (Å²) in [7, 11) is 0. The number of aryl methyl sites for hydroxylation is 1. The maximum atomic E-state index is 12.3. The van der Waals surface area contributed by atoms with E-state index in [2.05, 4.69) is 15.3 Å². The first-order chi connectivity index (χ1) is 11.2. The fourth-order valence-electron chi connectivity index (χ4n) is 2.32. The second-order valence-corrected chi connectivity index (χ2v) is 5.95. The molecule has 0 aromatic carbocycles. The molecule has 0 fully saturated rings. The first kappa shape index (κ1) is 15.4. The number of hydrogen-bond donors (Lipinski definition) is 1. The molecule has 23 heavy (non-hydrogen) atoms. The second-order valence-electron chi connectivity index (χ2n) is 5.17. The molecule has 5 heteroatoms. The molecule has 3 rings (SSSR count). The molecule has 0 bridgehead atoms. The van der Waals surface area contributed by atoms with Crippen molar-refractivity contribution in [2.45, 2.75) is 13.3 Å². The normalized spacial score (nSPS) is 10.5. The SMILES string of the molecule is Cc1nc(-c2ccsc2)ccc1C(=O)NCCc1ccccn1. The molecular weight excluding hydrogens is 306 g/mol. The molecule has 3 aromatic rings. The van der Waals surface area contributed by atoms with Crippen LogP contribution in [0.15, 0.2) is 53.4 Å². The summed E-state index contributed by atoms with van der Waals surface area (Å²) in [4.78, 5) is 21.1. The zero-order valence-corrected chi connectivity index (χ0v) is 13.6. The Morgan fingerprint density at radius 1 is 1.22 bits per heavy atom. The highest BCUT2D eigenvalue weighted by Crippen LogP contribution is 2.21. The molecule has 3 heterocycles. The van der Waals surface area contributed by atoms with Crippen LogP contribution in [0.4, 0.5) is 0 Å². The highest BCUT2D eigenvalue weighted by atomic mass is 32.1. The second kappa shape index (κ2) is 7.15. The van der Waals surface area contributed by atoms with Crippen LogP contribution in [0, 0.1) is 6.92 Å². The number of rotatable bonds is 5. The van der Waals surface area contributed by atoms with Gasteiger partial charge in [-0.25, -0.2) is 0 Å². The maximum absolute atomic E-state index is 12.3. The van der Waals surface area contributed by atoms with E-state index in [1.165, 1.54) is 0 Å². The van der Waals surface area contributed by atoms with Crippen LogP contribution < -0.4 is 5.32 Å². The molecule has 1 amide bonds. The summed E-state index contributed by atoms with van der Waals surface area (Å²) in [5, 5.41) is 6.99. The molecule has 0 atom stereocenters. The highest BCUT2D eigenvalue weighted by Gasteiger charge is 2.11. The molecule has 0 radical (unpaired) electrons. The van der Waals surface area contributed by atoms with Gasteiger partial charge in [0.2, 0.25) is 0 Å². The number of thiophene rings is 1. The summed E-state index contributed by atoms with van der Waals surface area (Å²) < 4.78 is 0. The fraction of sp³-hybridized carbons (Fsp3) is 0.167. The summed E-state index contributed by atoms with van der Waals surface area (Å²) in [6, 6.07) is 11.5. The largest absolute Gasteiger partial charge is 0.352 e. The first-order valence-corrected chi connectivity index (χ1v) is 8.36. The Morgan fingerprint density at radius 3 is 2.83 bits per heavy atom. The van der Waals surface area contributed by atoms with E-state index in [0.29, 0.717) is 18.5 Å². The van der Waals surface area contributed by atoms with E-state index in [-0.39, 0.29) is 5.91 Å². The van der Waals surface area contributed by atoms with Crippen LogP contribution in [-0.2, 0) is 6.42 Å². The predicted molar refractivity (Wildman–Crippen MR) is 92.6 cm³/mol.